The van der Waals surface area contributed by atoms with Crippen molar-refractivity contribution < 1.29 is 8.42 Å². The van der Waals surface area contributed by atoms with Gasteiger partial charge in [0.2, 0.25) is 0 Å². The highest BCUT2D eigenvalue weighted by atomic mass is 35.5. The molecule has 0 amide bonds. The summed E-state index contributed by atoms with van der Waals surface area (Å²) in [6.45, 7) is 4.32. The number of aryl methyl sites for hydroxylation is 1. The van der Waals surface area contributed by atoms with E-state index in [-0.39, 0.29) is 4.21 Å². The van der Waals surface area contributed by atoms with Crippen molar-refractivity contribution >= 4 is 38.6 Å². The zero-order chi connectivity index (χ0) is 15.6. The van der Waals surface area contributed by atoms with E-state index in [4.69, 9.17) is 17.3 Å². The van der Waals surface area contributed by atoms with Gasteiger partial charge < -0.3 is 5.73 Å². The largest absolute Gasteiger partial charge is 0.399 e. The first-order chi connectivity index (χ1) is 9.84. The summed E-state index contributed by atoms with van der Waals surface area (Å²) in [5.74, 6) is 0. The van der Waals surface area contributed by atoms with Crippen LogP contribution in [-0.4, -0.2) is 19.3 Å². The molecule has 0 radical (unpaired) electrons. The predicted octanol–water partition coefficient (Wildman–Crippen LogP) is 3.50. The highest BCUT2D eigenvalue weighted by Crippen LogP contribution is 2.32. The van der Waals surface area contributed by atoms with E-state index < -0.39 is 10.0 Å². The number of thiophene rings is 1. The second-order valence-electron chi connectivity index (χ2n) is 4.69. The van der Waals surface area contributed by atoms with Crippen molar-refractivity contribution in [3.05, 3.63) is 45.8 Å². The molecule has 0 unspecified atom stereocenters. The van der Waals surface area contributed by atoms with Gasteiger partial charge in [0.15, 0.2) is 0 Å². The Kier molecular flexibility index (Phi) is 4.93. The van der Waals surface area contributed by atoms with Crippen LogP contribution in [0.3, 0.4) is 0 Å². The Morgan fingerprint density at radius 1 is 1.29 bits per heavy atom. The quantitative estimate of drug-likeness (QED) is 0.844. The topological polar surface area (TPSA) is 63.4 Å². The fraction of sp³-hybridized carbons (Fsp3) is 0.286. The SMILES string of the molecule is CCN(Cc1ccc(N)cc1)S(=O)(=O)c1cc(C)c(Cl)s1. The number of nitrogen functional groups attached to an aromatic ring is 1. The van der Waals surface area contributed by atoms with Crippen LogP contribution in [-0.2, 0) is 16.6 Å². The molecule has 1 aromatic heterocycles. The van der Waals surface area contributed by atoms with Crippen LogP contribution >= 0.6 is 22.9 Å². The van der Waals surface area contributed by atoms with Gasteiger partial charge in [0.25, 0.3) is 10.0 Å². The van der Waals surface area contributed by atoms with Gasteiger partial charge in [0, 0.05) is 18.8 Å². The van der Waals surface area contributed by atoms with Crippen LogP contribution in [0, 0.1) is 6.92 Å². The van der Waals surface area contributed by atoms with Crippen LogP contribution in [0.5, 0.6) is 0 Å². The summed E-state index contributed by atoms with van der Waals surface area (Å²) in [5, 5.41) is 0. The van der Waals surface area contributed by atoms with Gasteiger partial charge in [-0.2, -0.15) is 4.31 Å². The minimum atomic E-state index is -3.52. The number of sulfonamides is 1. The van der Waals surface area contributed by atoms with E-state index in [0.717, 1.165) is 22.5 Å². The van der Waals surface area contributed by atoms with E-state index in [9.17, 15) is 8.42 Å². The minimum absolute atomic E-state index is 0.280. The number of rotatable bonds is 5. The molecule has 2 N–H and O–H groups in total. The van der Waals surface area contributed by atoms with Crippen LogP contribution in [0.2, 0.25) is 4.34 Å². The van der Waals surface area contributed by atoms with Gasteiger partial charge in [0.1, 0.15) is 4.21 Å². The third-order valence-corrected chi connectivity index (χ3v) is 7.05. The lowest BCUT2D eigenvalue weighted by atomic mass is 10.2. The lowest BCUT2D eigenvalue weighted by Gasteiger charge is -2.19. The number of benzene rings is 1. The Labute approximate surface area is 134 Å². The second-order valence-corrected chi connectivity index (χ2v) is 8.51. The Morgan fingerprint density at radius 3 is 2.38 bits per heavy atom. The normalized spacial score (nSPS) is 12.0. The third-order valence-electron chi connectivity index (χ3n) is 3.12. The van der Waals surface area contributed by atoms with E-state index in [2.05, 4.69) is 0 Å². The fourth-order valence-corrected chi connectivity index (χ4v) is 5.18. The fourth-order valence-electron chi connectivity index (χ4n) is 1.88. The van der Waals surface area contributed by atoms with Gasteiger partial charge in [-0.25, -0.2) is 8.42 Å². The van der Waals surface area contributed by atoms with Gasteiger partial charge in [-0.1, -0.05) is 30.7 Å². The zero-order valence-corrected chi connectivity index (χ0v) is 14.2. The number of anilines is 1. The molecule has 0 aliphatic carbocycles. The number of hydrogen-bond acceptors (Lipinski definition) is 4. The molecule has 21 heavy (non-hydrogen) atoms. The van der Waals surface area contributed by atoms with Gasteiger partial charge in [-0.3, -0.25) is 0 Å². The maximum Gasteiger partial charge on any atom is 0.252 e. The first kappa shape index (κ1) is 16.3. The molecule has 0 aliphatic heterocycles. The van der Waals surface area contributed by atoms with Gasteiger partial charge >= 0.3 is 0 Å². The average molecular weight is 345 g/mol. The van der Waals surface area contributed by atoms with E-state index in [1.165, 1.54) is 4.31 Å². The van der Waals surface area contributed by atoms with Crippen molar-refractivity contribution in [3.8, 4) is 0 Å². The van der Waals surface area contributed by atoms with Crippen LogP contribution in [0.1, 0.15) is 18.1 Å². The summed E-state index contributed by atoms with van der Waals surface area (Å²) in [4.78, 5) is 0. The third kappa shape index (κ3) is 3.58. The first-order valence-corrected chi connectivity index (χ1v) is 9.08. The molecular formula is C14H17ClN2O2S2. The maximum atomic E-state index is 12.7. The standard InChI is InChI=1S/C14H17ClN2O2S2/c1-3-17(9-11-4-6-12(16)7-5-11)21(18,19)13-8-10(2)14(15)20-13/h4-8H,3,9,16H2,1-2H3. The summed E-state index contributed by atoms with van der Waals surface area (Å²) in [5.41, 5.74) is 7.98. The Morgan fingerprint density at radius 2 is 1.90 bits per heavy atom. The molecular weight excluding hydrogens is 328 g/mol. The first-order valence-electron chi connectivity index (χ1n) is 6.45. The number of hydrogen-bond donors (Lipinski definition) is 1. The van der Waals surface area contributed by atoms with E-state index in [0.29, 0.717) is 23.1 Å². The lowest BCUT2D eigenvalue weighted by Crippen LogP contribution is -2.29. The maximum absolute atomic E-state index is 12.7. The summed E-state index contributed by atoms with van der Waals surface area (Å²) >= 11 is 7.08. The van der Waals surface area contributed by atoms with Gasteiger partial charge in [-0.15, -0.1) is 11.3 Å². The molecule has 7 heteroatoms. The summed E-state index contributed by atoms with van der Waals surface area (Å²) in [7, 11) is -3.52. The van der Waals surface area contributed by atoms with Crippen molar-refractivity contribution in [2.75, 3.05) is 12.3 Å². The van der Waals surface area contributed by atoms with E-state index >= 15 is 0 Å². The molecule has 114 valence electrons. The van der Waals surface area contributed by atoms with Crippen molar-refractivity contribution in [3.63, 3.8) is 0 Å². The Balaban J connectivity index is 2.29. The van der Waals surface area contributed by atoms with Crippen LogP contribution in [0.4, 0.5) is 5.69 Å². The molecule has 1 heterocycles. The summed E-state index contributed by atoms with van der Waals surface area (Å²) in [6.07, 6.45) is 0. The van der Waals surface area contributed by atoms with Crippen LogP contribution in [0.25, 0.3) is 0 Å². The number of halogens is 1. The zero-order valence-electron chi connectivity index (χ0n) is 11.8. The highest BCUT2D eigenvalue weighted by Gasteiger charge is 2.25. The monoisotopic (exact) mass is 344 g/mol. The van der Waals surface area contributed by atoms with Crippen LogP contribution < -0.4 is 5.73 Å². The van der Waals surface area contributed by atoms with Crippen molar-refractivity contribution in [1.29, 1.82) is 0 Å². The molecule has 2 rings (SSSR count). The summed E-state index contributed by atoms with van der Waals surface area (Å²) in [6, 6.07) is 8.82. The molecule has 0 fully saturated rings. The minimum Gasteiger partial charge on any atom is -0.399 e. The molecule has 0 aliphatic rings. The van der Waals surface area contributed by atoms with E-state index in [1.54, 1.807) is 25.1 Å². The van der Waals surface area contributed by atoms with Crippen LogP contribution in [0.15, 0.2) is 34.5 Å². The number of nitrogens with two attached hydrogens (primary N) is 1. The lowest BCUT2D eigenvalue weighted by molar-refractivity contribution is 0.425. The summed E-state index contributed by atoms with van der Waals surface area (Å²) < 4.78 is 27.5. The molecule has 0 bridgehead atoms. The smallest absolute Gasteiger partial charge is 0.252 e. The molecule has 1 aromatic carbocycles. The molecule has 4 nitrogen and oxygen atoms in total. The van der Waals surface area contributed by atoms with E-state index in [1.807, 2.05) is 19.1 Å². The molecule has 0 atom stereocenters. The van der Waals surface area contributed by atoms with Gasteiger partial charge in [0.05, 0.1) is 4.34 Å². The molecule has 0 saturated heterocycles. The Bertz CT molecular complexity index is 704. The second kappa shape index (κ2) is 6.36. The van der Waals surface area contributed by atoms with Crippen molar-refractivity contribution in [1.82, 2.24) is 4.31 Å². The number of nitrogens with zero attached hydrogens (tertiary/aromatic N) is 1. The molecule has 0 spiro atoms. The van der Waals surface area contributed by atoms with Gasteiger partial charge in [-0.05, 0) is 36.2 Å². The van der Waals surface area contributed by atoms with Crippen molar-refractivity contribution in [2.45, 2.75) is 24.6 Å². The average Bonchev–Trinajstić information content (AvgIpc) is 2.78. The highest BCUT2D eigenvalue weighted by molar-refractivity contribution is 7.91. The van der Waals surface area contributed by atoms with Crippen molar-refractivity contribution in [2.24, 2.45) is 0 Å². The molecule has 0 saturated carbocycles. The molecule has 2 aromatic rings. The predicted molar refractivity (Wildman–Crippen MR) is 88.2 cm³/mol. The Hall–Kier alpha value is -1.08.